The van der Waals surface area contributed by atoms with E-state index >= 15 is 0 Å². The van der Waals surface area contributed by atoms with Crippen LogP contribution in [-0.4, -0.2) is 159 Å². The molecule has 0 N–H and O–H groups in total. The smallest absolute Gasteiger partial charge is 0.0789 e. The van der Waals surface area contributed by atoms with Crippen LogP contribution >= 0.6 is 94.1 Å². The average molecular weight is 929 g/mol. The Hall–Kier alpha value is 0.760. The van der Waals surface area contributed by atoms with Gasteiger partial charge in [-0.2, -0.15) is 0 Å². The molecule has 0 saturated heterocycles. The normalized spacial score (nSPS) is 26.6. The minimum Gasteiger partial charge on any atom is -0.377 e. The van der Waals surface area contributed by atoms with Crippen LogP contribution in [0.1, 0.15) is 0 Å². The summed E-state index contributed by atoms with van der Waals surface area (Å²) in [5, 5.41) is 0. The first-order chi connectivity index (χ1) is 27.8. The van der Waals surface area contributed by atoms with Gasteiger partial charge in [0.1, 0.15) is 0 Å². The second kappa shape index (κ2) is 25.6. The molecule has 12 nitrogen and oxygen atoms in total. The molecule has 0 spiro atoms. The van der Waals surface area contributed by atoms with Gasteiger partial charge in [-0.3, -0.25) is 0 Å². The maximum absolute atomic E-state index is 6.14. The van der Waals surface area contributed by atoms with Gasteiger partial charge in [0.05, 0.1) is 176 Å². The third-order valence-electron chi connectivity index (χ3n) is 8.15. The fraction of sp³-hybridized carbons (Fsp3) is 0.667. The van der Waals surface area contributed by atoms with E-state index in [1.807, 2.05) is 0 Å². The van der Waals surface area contributed by atoms with Gasteiger partial charge in [-0.1, -0.05) is 94.1 Å². The van der Waals surface area contributed by atoms with E-state index in [0.29, 0.717) is 159 Å². The lowest BCUT2D eigenvalue weighted by Gasteiger charge is -2.11. The van der Waals surface area contributed by atoms with E-state index in [9.17, 15) is 0 Å². The molecule has 0 aromatic carbocycles. The Morgan fingerprint density at radius 3 is 0.446 bits per heavy atom. The van der Waals surface area contributed by atoms with Crippen LogP contribution < -0.4 is 0 Å². The van der Waals surface area contributed by atoms with Gasteiger partial charge in [-0.25, -0.2) is 0 Å². The molecule has 56 heavy (non-hydrogen) atoms. The van der Waals surface area contributed by atoms with Crippen molar-refractivity contribution in [3.8, 4) is 0 Å². The number of rotatable bonds is 0. The second-order valence-corrected chi connectivity index (χ2v) is 22.1. The highest BCUT2D eigenvalue weighted by Gasteiger charge is 2.32. The first-order valence-corrected chi connectivity index (χ1v) is 25.1. The molecule has 0 fully saturated rings. The number of ether oxygens (including phenoxy) is 12. The summed E-state index contributed by atoms with van der Waals surface area (Å²) < 4.78 is 77.6. The Kier molecular flexibility index (Phi) is 20.5. The summed E-state index contributed by atoms with van der Waals surface area (Å²) in [5.74, 6) is 0. The van der Waals surface area contributed by atoms with Crippen molar-refractivity contribution in [1.82, 2.24) is 0 Å². The molecule has 0 atom stereocenters. The topological polar surface area (TPSA) is 111 Å². The van der Waals surface area contributed by atoms with Gasteiger partial charge < -0.3 is 56.8 Å². The molecule has 12 bridgehead atoms. The molecule has 10 aliphatic rings. The third kappa shape index (κ3) is 14.4. The van der Waals surface area contributed by atoms with Crippen LogP contribution in [0.3, 0.4) is 0 Å². The Bertz CT molecular complexity index is 1200. The standard InChI is InChI=1S/C36H48O12S8/c1-9-41-17-25-26-19-43-11-3-38-4-12-44-20-28-27(18-42-10-2-37-1)51-35(52-28)36-55-31-23-47-15-7-39-5-13-45-21-29-30(54-34(53-29)33(49-25)50-26)22-46-14-6-40-8-16-48-24-32(31)56-36/h1-24H2. The zero-order valence-electron chi connectivity index (χ0n) is 31.1. The Labute approximate surface area is 363 Å². The highest BCUT2D eigenvalue weighted by Crippen LogP contribution is 2.61. The first kappa shape index (κ1) is 44.8. The van der Waals surface area contributed by atoms with Crippen LogP contribution in [0, 0.1) is 0 Å². The van der Waals surface area contributed by atoms with Crippen LogP contribution in [0.2, 0.25) is 0 Å². The Morgan fingerprint density at radius 2 is 0.304 bits per heavy atom. The van der Waals surface area contributed by atoms with Gasteiger partial charge in [0.15, 0.2) is 0 Å². The van der Waals surface area contributed by atoms with E-state index in [0.717, 1.165) is 39.2 Å². The average Bonchev–Trinajstić information content (AvgIpc) is 4.00. The maximum atomic E-state index is 6.14. The SMILES string of the molecule is C1COCC2=C3COCCOCCOCC4=C(COCCO1)SC(=C1SC5=C(COCCOCCOCC6=C(COCCOCCOC5)SC(=C(S2)S3)S6)S1)S4. The fourth-order valence-electron chi connectivity index (χ4n) is 5.32. The lowest BCUT2D eigenvalue weighted by atomic mass is 10.5. The fourth-order valence-corrected chi connectivity index (χ4v) is 16.4. The quantitative estimate of drug-likeness (QED) is 0.243. The van der Waals surface area contributed by atoms with Gasteiger partial charge in [0, 0.05) is 39.2 Å². The summed E-state index contributed by atoms with van der Waals surface area (Å²) in [6.45, 7) is 11.8. The summed E-state index contributed by atoms with van der Waals surface area (Å²) in [5.41, 5.74) is 0. The van der Waals surface area contributed by atoms with Crippen molar-refractivity contribution >= 4 is 94.1 Å². The van der Waals surface area contributed by atoms with E-state index in [-0.39, 0.29) is 0 Å². The zero-order chi connectivity index (χ0) is 38.0. The lowest BCUT2D eigenvalue weighted by Crippen LogP contribution is -2.13. The van der Waals surface area contributed by atoms with Crippen molar-refractivity contribution in [2.45, 2.75) is 0 Å². The summed E-state index contributed by atoms with van der Waals surface area (Å²) in [4.78, 5) is 9.26. The lowest BCUT2D eigenvalue weighted by molar-refractivity contribution is 0.0210. The predicted molar refractivity (Wildman–Crippen MR) is 233 cm³/mol. The molecule has 0 saturated carbocycles. The summed E-state index contributed by atoms with van der Waals surface area (Å²) in [6, 6.07) is 0. The molecule has 10 heterocycles. The third-order valence-corrected chi connectivity index (χ3v) is 19.7. The number of hydrogen-bond acceptors (Lipinski definition) is 20. The van der Waals surface area contributed by atoms with Crippen LogP contribution in [-0.2, 0) is 56.8 Å². The molecule has 0 radical (unpaired) electrons. The van der Waals surface area contributed by atoms with Gasteiger partial charge in [-0.05, 0) is 0 Å². The molecule has 0 aliphatic carbocycles. The molecule has 0 aromatic rings. The van der Waals surface area contributed by atoms with Gasteiger partial charge in [-0.15, -0.1) is 0 Å². The number of thioether (sulfide) groups is 8. The minimum atomic E-state index is 0.490. The number of hydrogen-bond donors (Lipinski definition) is 0. The second-order valence-electron chi connectivity index (χ2n) is 12.2. The highest BCUT2D eigenvalue weighted by molar-refractivity contribution is 8.35. The monoisotopic (exact) mass is 928 g/mol. The van der Waals surface area contributed by atoms with Crippen molar-refractivity contribution in [3.63, 3.8) is 0 Å². The molecule has 0 amide bonds. The summed E-state index contributed by atoms with van der Waals surface area (Å²) >= 11 is 14.1. The molecule has 0 aromatic heterocycles. The van der Waals surface area contributed by atoms with Crippen molar-refractivity contribution in [1.29, 1.82) is 0 Å². The van der Waals surface area contributed by atoms with Crippen LogP contribution in [0.15, 0.2) is 56.2 Å². The maximum Gasteiger partial charge on any atom is 0.0789 e. The van der Waals surface area contributed by atoms with Crippen LogP contribution in [0.4, 0.5) is 0 Å². The van der Waals surface area contributed by atoms with Crippen LogP contribution in [0.5, 0.6) is 0 Å². The molecule has 312 valence electrons. The van der Waals surface area contributed by atoms with Crippen molar-refractivity contribution < 1.29 is 56.8 Å². The van der Waals surface area contributed by atoms with E-state index in [2.05, 4.69) is 0 Å². The molecule has 20 heteroatoms. The zero-order valence-corrected chi connectivity index (χ0v) is 37.7. The van der Waals surface area contributed by atoms with E-state index < -0.39 is 0 Å². The van der Waals surface area contributed by atoms with Crippen molar-refractivity contribution in [2.24, 2.45) is 0 Å². The van der Waals surface area contributed by atoms with Crippen molar-refractivity contribution in [3.05, 3.63) is 56.2 Å². The Morgan fingerprint density at radius 1 is 0.179 bits per heavy atom. The first-order valence-electron chi connectivity index (χ1n) is 18.5. The largest absolute Gasteiger partial charge is 0.377 e. The molecular formula is C36H48O12S8. The highest BCUT2D eigenvalue weighted by atomic mass is 32.2. The van der Waals surface area contributed by atoms with Crippen molar-refractivity contribution in [2.75, 3.05) is 159 Å². The minimum absolute atomic E-state index is 0.490. The van der Waals surface area contributed by atoms with Gasteiger partial charge in [0.2, 0.25) is 0 Å². The van der Waals surface area contributed by atoms with Gasteiger partial charge >= 0.3 is 0 Å². The van der Waals surface area contributed by atoms with Crippen LogP contribution in [0.25, 0.3) is 0 Å². The summed E-state index contributed by atoms with van der Waals surface area (Å²) in [6.07, 6.45) is 0. The van der Waals surface area contributed by atoms with E-state index in [1.54, 1.807) is 94.1 Å². The summed E-state index contributed by atoms with van der Waals surface area (Å²) in [7, 11) is 0. The predicted octanol–water partition coefficient (Wildman–Crippen LogP) is 7.25. The van der Waals surface area contributed by atoms with E-state index in [1.165, 1.54) is 16.9 Å². The molecule has 10 rings (SSSR count). The molecule has 10 aliphatic heterocycles. The molecule has 0 unspecified atom stereocenters. The molecular weight excluding hydrogens is 881 g/mol. The van der Waals surface area contributed by atoms with E-state index in [4.69, 9.17) is 56.8 Å². The Balaban J connectivity index is 1.11. The van der Waals surface area contributed by atoms with Gasteiger partial charge in [0.25, 0.3) is 0 Å².